The van der Waals surface area contributed by atoms with Crippen molar-refractivity contribution in [2.45, 2.75) is 24.9 Å². The first kappa shape index (κ1) is 29.7. The number of aromatic nitrogens is 2. The number of carbonyl (C=O) groups is 2. The van der Waals surface area contributed by atoms with Crippen LogP contribution in [0.15, 0.2) is 79.8 Å². The van der Waals surface area contributed by atoms with Crippen molar-refractivity contribution in [3.8, 4) is 0 Å². The number of carboxylic acid groups (broad SMARTS) is 2. The van der Waals surface area contributed by atoms with E-state index in [0.717, 1.165) is 11.1 Å². The Bertz CT molecular complexity index is 1220. The van der Waals surface area contributed by atoms with E-state index in [9.17, 15) is 39.0 Å². The summed E-state index contributed by atoms with van der Waals surface area (Å²) in [7, 11) is 0. The molecule has 2 heterocycles. The summed E-state index contributed by atoms with van der Waals surface area (Å²) in [5.74, 6) is -2.83. The van der Waals surface area contributed by atoms with Crippen LogP contribution in [0.2, 0.25) is 0 Å². The van der Waals surface area contributed by atoms with Crippen LogP contribution < -0.4 is 91.6 Å². The van der Waals surface area contributed by atoms with Gasteiger partial charge in [-0.1, -0.05) is 60.7 Å². The molecule has 34 heavy (non-hydrogen) atoms. The van der Waals surface area contributed by atoms with E-state index in [1.165, 1.54) is 0 Å². The maximum absolute atomic E-state index is 10.8. The molecule has 0 unspecified atom stereocenters. The van der Waals surface area contributed by atoms with Crippen LogP contribution in [0.25, 0.3) is 0 Å². The van der Waals surface area contributed by atoms with E-state index in [4.69, 9.17) is 0 Å². The topological polar surface area (TPSA) is 158 Å². The van der Waals surface area contributed by atoms with Gasteiger partial charge in [0.25, 0.3) is 0 Å². The molecule has 0 aliphatic heterocycles. The van der Waals surface area contributed by atoms with Gasteiger partial charge in [-0.25, -0.2) is 0 Å². The minimum Gasteiger partial charge on any atom is -0.548 e. The number of rotatable bonds is 8. The van der Waals surface area contributed by atoms with E-state index in [2.05, 4.69) is 0 Å². The summed E-state index contributed by atoms with van der Waals surface area (Å²) in [6.07, 6.45) is 0.168. The van der Waals surface area contributed by atoms with Gasteiger partial charge in [-0.15, -0.1) is 0 Å². The van der Waals surface area contributed by atoms with Crippen LogP contribution >= 0.6 is 0 Å². The number of hydrogen-bond donors (Lipinski definition) is 0. The second-order valence-corrected chi connectivity index (χ2v) is 7.01. The zero-order valence-electron chi connectivity index (χ0n) is 18.5. The van der Waals surface area contributed by atoms with Gasteiger partial charge in [0, 0.05) is 0 Å². The first-order valence-electron chi connectivity index (χ1n) is 9.47. The maximum atomic E-state index is 10.8. The molecule has 0 radical (unpaired) electrons. The fraction of sp³-hybridized carbons (Fsp3) is 0.182. The molecule has 2 aromatic carbocycles. The van der Waals surface area contributed by atoms with Gasteiger partial charge >= 0.3 is 81.4 Å². The van der Waals surface area contributed by atoms with Crippen molar-refractivity contribution >= 4 is 11.9 Å². The van der Waals surface area contributed by atoms with Crippen LogP contribution in [-0.4, -0.2) is 21.1 Å². The van der Waals surface area contributed by atoms with E-state index in [1.54, 1.807) is 60.7 Å². The van der Waals surface area contributed by atoms with E-state index in [-0.39, 0.29) is 72.0 Å². The van der Waals surface area contributed by atoms with Crippen molar-refractivity contribution in [3.63, 3.8) is 0 Å². The minimum absolute atomic E-state index is 0. The summed E-state index contributed by atoms with van der Waals surface area (Å²) in [6, 6.07) is 15.2. The van der Waals surface area contributed by atoms with E-state index < -0.39 is 46.3 Å². The Hall–Kier alpha value is -2.34. The van der Waals surface area contributed by atoms with Gasteiger partial charge in [0.2, 0.25) is 0 Å². The molecule has 0 aliphatic carbocycles. The number of carbonyl (C=O) groups excluding carboxylic acids is 2. The summed E-state index contributed by atoms with van der Waals surface area (Å²) in [5, 5.41) is 21.6. The molecule has 0 saturated carbocycles. The van der Waals surface area contributed by atoms with Gasteiger partial charge in [0.05, 0.1) is 24.0 Å². The predicted molar refractivity (Wildman–Crippen MR) is 107 cm³/mol. The number of carboxylic acids is 2. The Balaban J connectivity index is 0.000000321. The third kappa shape index (κ3) is 7.33. The Kier molecular flexibility index (Phi) is 11.3. The van der Waals surface area contributed by atoms with Gasteiger partial charge in [-0.3, -0.25) is 28.3 Å². The Morgan fingerprint density at radius 3 is 1.06 bits per heavy atom. The smallest absolute Gasteiger partial charge is 0.548 e. The standard InChI is InChI=1S/2C11H9NO4.2Na/c2*13-9-10(14)12(9)8(11(15)16)6-7-4-2-1-3-5-7;;/h2*1-5,8H,6H2,(H,15,16);;/q;;2*+1/p-2/t2*8-;;/m00../s1. The van der Waals surface area contributed by atoms with Crippen molar-refractivity contribution in [2.75, 3.05) is 0 Å². The average Bonchev–Trinajstić information content (AvgIpc) is 3.59. The molecule has 10 nitrogen and oxygen atoms in total. The molecule has 164 valence electrons. The Morgan fingerprint density at radius 2 is 0.853 bits per heavy atom. The van der Waals surface area contributed by atoms with Gasteiger partial charge in [-0.2, -0.15) is 0 Å². The third-order valence-corrected chi connectivity index (χ3v) is 4.85. The quantitative estimate of drug-likeness (QED) is 0.177. The molecule has 0 bridgehead atoms. The van der Waals surface area contributed by atoms with Gasteiger partial charge in [0.1, 0.15) is 0 Å². The van der Waals surface area contributed by atoms with E-state index in [0.29, 0.717) is 9.13 Å². The summed E-state index contributed by atoms with van der Waals surface area (Å²) < 4.78 is 1.42. The molecule has 4 rings (SSSR count). The molecule has 0 amide bonds. The fourth-order valence-corrected chi connectivity index (χ4v) is 3.09. The normalized spacial score (nSPS) is 12.0. The predicted octanol–water partition coefficient (Wildman–Crippen LogP) is -8.76. The van der Waals surface area contributed by atoms with Crippen LogP contribution in [-0.2, 0) is 22.4 Å². The number of benzene rings is 2. The van der Waals surface area contributed by atoms with Crippen LogP contribution in [0.5, 0.6) is 0 Å². The van der Waals surface area contributed by atoms with Crippen LogP contribution in [0.1, 0.15) is 23.2 Å². The fourth-order valence-electron chi connectivity index (χ4n) is 3.09. The first-order chi connectivity index (χ1) is 15.2. The van der Waals surface area contributed by atoms with Crippen molar-refractivity contribution in [1.29, 1.82) is 0 Å². The second kappa shape index (κ2) is 12.9. The molecule has 0 aliphatic rings. The van der Waals surface area contributed by atoms with Crippen molar-refractivity contribution in [1.82, 2.24) is 9.13 Å². The summed E-state index contributed by atoms with van der Waals surface area (Å²) in [6.45, 7) is 0. The maximum Gasteiger partial charge on any atom is 1.00 e. The monoisotopic (exact) mass is 482 g/mol. The zero-order chi connectivity index (χ0) is 23.4. The number of nitrogens with zero attached hydrogens (tertiary/aromatic N) is 2. The molecule has 0 fully saturated rings. The largest absolute Gasteiger partial charge is 1.00 e. The molecule has 0 saturated heterocycles. The van der Waals surface area contributed by atoms with Gasteiger partial charge < -0.3 is 19.8 Å². The second-order valence-electron chi connectivity index (χ2n) is 7.01. The average molecular weight is 482 g/mol. The first-order valence-corrected chi connectivity index (χ1v) is 9.47. The molecule has 2 aromatic heterocycles. The van der Waals surface area contributed by atoms with Crippen LogP contribution in [0, 0.1) is 0 Å². The number of hydrogen-bond acceptors (Lipinski definition) is 8. The Morgan fingerprint density at radius 1 is 0.588 bits per heavy atom. The van der Waals surface area contributed by atoms with Crippen LogP contribution in [0.3, 0.4) is 0 Å². The minimum atomic E-state index is -1.41. The van der Waals surface area contributed by atoms with Crippen LogP contribution in [0.4, 0.5) is 0 Å². The molecular formula is C22H16N2Na2O8. The zero-order valence-corrected chi connectivity index (χ0v) is 22.5. The van der Waals surface area contributed by atoms with E-state index in [1.807, 2.05) is 0 Å². The molecule has 4 aromatic rings. The van der Waals surface area contributed by atoms with Gasteiger partial charge in [0.15, 0.2) is 0 Å². The van der Waals surface area contributed by atoms with Gasteiger partial charge in [-0.05, 0) is 24.0 Å². The molecule has 12 heteroatoms. The van der Waals surface area contributed by atoms with E-state index >= 15 is 0 Å². The summed E-state index contributed by atoms with van der Waals surface area (Å²) in [5.41, 5.74) is -1.56. The Labute approximate surface area is 236 Å². The molecule has 0 N–H and O–H groups in total. The third-order valence-electron chi connectivity index (χ3n) is 4.85. The van der Waals surface area contributed by atoms with Crippen molar-refractivity contribution < 1.29 is 78.9 Å². The molecular weight excluding hydrogens is 466 g/mol. The summed E-state index contributed by atoms with van der Waals surface area (Å²) >= 11 is 0. The van der Waals surface area contributed by atoms with Crippen molar-refractivity contribution in [3.05, 3.63) is 113 Å². The number of aliphatic carboxylic acids is 2. The van der Waals surface area contributed by atoms with Crippen molar-refractivity contribution in [2.24, 2.45) is 0 Å². The summed E-state index contributed by atoms with van der Waals surface area (Å²) in [4.78, 5) is 65.0. The molecule has 2 atom stereocenters. The molecule has 0 spiro atoms. The SMILES string of the molecule is O=C([O-])[C@H](Cc1ccccc1)n1c(=O)c1=O.O=C([O-])[C@H](Cc1ccccc1)n1c(=O)c1=O.[Na+].[Na+].